The van der Waals surface area contributed by atoms with Crippen LogP contribution < -0.4 is 4.74 Å². The zero-order valence-electron chi connectivity index (χ0n) is 8.12. The molecule has 0 heterocycles. The lowest BCUT2D eigenvalue weighted by atomic mass is 10.1. The number of fused-ring (bicyclic) bond motifs is 1. The topological polar surface area (TPSA) is 33.0 Å². The van der Waals surface area contributed by atoms with Gasteiger partial charge in [0.1, 0.15) is 6.07 Å². The summed E-state index contributed by atoms with van der Waals surface area (Å²) in [6, 6.07) is 11.8. The predicted molar refractivity (Wildman–Crippen MR) is 62.9 cm³/mol. The Bertz CT molecular complexity index is 557. The van der Waals surface area contributed by atoms with Crippen LogP contribution in [0.25, 0.3) is 10.8 Å². The maximum absolute atomic E-state index is 8.98. The average Bonchev–Trinajstić information content (AvgIpc) is 2.29. The molecular formula is C12H8BrNO. The normalized spacial score (nSPS) is 9.93. The Morgan fingerprint density at radius 3 is 2.73 bits per heavy atom. The van der Waals surface area contributed by atoms with Crippen molar-refractivity contribution < 1.29 is 4.74 Å². The highest BCUT2D eigenvalue weighted by Gasteiger charge is 2.10. The number of ether oxygens (including phenoxy) is 1. The second-order valence-electron chi connectivity index (χ2n) is 3.10. The molecule has 0 amide bonds. The van der Waals surface area contributed by atoms with Crippen LogP contribution in [0.1, 0.15) is 5.56 Å². The van der Waals surface area contributed by atoms with E-state index in [0.717, 1.165) is 15.2 Å². The molecule has 0 radical (unpaired) electrons. The molecular weight excluding hydrogens is 254 g/mol. The molecule has 0 N–H and O–H groups in total. The Balaban J connectivity index is 2.89. The van der Waals surface area contributed by atoms with Crippen LogP contribution in [-0.2, 0) is 0 Å². The smallest absolute Gasteiger partial charge is 0.151 e. The molecule has 2 rings (SSSR count). The largest absolute Gasteiger partial charge is 0.494 e. The molecule has 0 unspecified atom stereocenters. The average molecular weight is 262 g/mol. The third-order valence-electron chi connectivity index (χ3n) is 2.27. The molecule has 2 aromatic rings. The predicted octanol–water partition coefficient (Wildman–Crippen LogP) is 3.48. The summed E-state index contributed by atoms with van der Waals surface area (Å²) < 4.78 is 6.04. The second kappa shape index (κ2) is 3.92. The number of halogens is 1. The Hall–Kier alpha value is -1.53. The van der Waals surface area contributed by atoms with Gasteiger partial charge in [0.25, 0.3) is 0 Å². The Morgan fingerprint density at radius 1 is 1.33 bits per heavy atom. The van der Waals surface area contributed by atoms with E-state index in [9.17, 15) is 0 Å². The fourth-order valence-electron chi connectivity index (χ4n) is 1.57. The Morgan fingerprint density at radius 2 is 2.07 bits per heavy atom. The molecule has 0 bridgehead atoms. The van der Waals surface area contributed by atoms with Gasteiger partial charge in [0.2, 0.25) is 0 Å². The van der Waals surface area contributed by atoms with Gasteiger partial charge in [-0.2, -0.15) is 5.26 Å². The van der Waals surface area contributed by atoms with Gasteiger partial charge in [0.05, 0.1) is 17.1 Å². The summed E-state index contributed by atoms with van der Waals surface area (Å²) in [5.74, 6) is 0.594. The van der Waals surface area contributed by atoms with Crippen molar-refractivity contribution in [3.05, 3.63) is 40.4 Å². The summed E-state index contributed by atoms with van der Waals surface area (Å²) in [4.78, 5) is 0. The highest BCUT2D eigenvalue weighted by molar-refractivity contribution is 9.10. The van der Waals surface area contributed by atoms with Gasteiger partial charge in [-0.05, 0) is 32.8 Å². The van der Waals surface area contributed by atoms with E-state index < -0.39 is 0 Å². The van der Waals surface area contributed by atoms with E-state index in [2.05, 4.69) is 22.0 Å². The van der Waals surface area contributed by atoms with E-state index in [-0.39, 0.29) is 0 Å². The van der Waals surface area contributed by atoms with E-state index in [4.69, 9.17) is 10.00 Å². The standard InChI is InChI=1S/C12H8BrNO/c1-15-12-9(7-14)6-8-4-2-3-5-10(8)11(12)13/h2-6H,1H3. The number of hydrogen-bond acceptors (Lipinski definition) is 2. The van der Waals surface area contributed by atoms with Crippen molar-refractivity contribution in [2.75, 3.05) is 7.11 Å². The van der Waals surface area contributed by atoms with Crippen molar-refractivity contribution >= 4 is 26.7 Å². The fraction of sp³-hybridized carbons (Fsp3) is 0.0833. The maximum atomic E-state index is 8.98. The van der Waals surface area contributed by atoms with E-state index in [1.165, 1.54) is 0 Å². The van der Waals surface area contributed by atoms with Crippen LogP contribution in [0.4, 0.5) is 0 Å². The van der Waals surface area contributed by atoms with E-state index in [1.807, 2.05) is 30.3 Å². The maximum Gasteiger partial charge on any atom is 0.151 e. The van der Waals surface area contributed by atoms with Crippen molar-refractivity contribution in [2.24, 2.45) is 0 Å². The van der Waals surface area contributed by atoms with Crippen LogP contribution in [-0.4, -0.2) is 7.11 Å². The van der Waals surface area contributed by atoms with Crippen molar-refractivity contribution in [3.8, 4) is 11.8 Å². The van der Waals surface area contributed by atoms with Crippen LogP contribution in [0, 0.1) is 11.3 Å². The summed E-state index contributed by atoms with van der Waals surface area (Å²) in [6.45, 7) is 0. The minimum atomic E-state index is 0.545. The molecule has 0 fully saturated rings. The summed E-state index contributed by atoms with van der Waals surface area (Å²) in [5.41, 5.74) is 0.545. The first-order chi connectivity index (χ1) is 7.27. The summed E-state index contributed by atoms with van der Waals surface area (Å²) in [5, 5.41) is 11.1. The first-order valence-electron chi connectivity index (χ1n) is 4.43. The van der Waals surface area contributed by atoms with Crippen molar-refractivity contribution in [1.82, 2.24) is 0 Å². The molecule has 0 aromatic heterocycles. The zero-order chi connectivity index (χ0) is 10.8. The summed E-state index contributed by atoms with van der Waals surface area (Å²) >= 11 is 3.46. The van der Waals surface area contributed by atoms with Crippen molar-refractivity contribution in [3.63, 3.8) is 0 Å². The molecule has 0 atom stereocenters. The zero-order valence-corrected chi connectivity index (χ0v) is 9.71. The van der Waals surface area contributed by atoms with Crippen LogP contribution in [0.2, 0.25) is 0 Å². The second-order valence-corrected chi connectivity index (χ2v) is 3.90. The van der Waals surface area contributed by atoms with Gasteiger partial charge in [-0.1, -0.05) is 24.3 Å². The first-order valence-corrected chi connectivity index (χ1v) is 5.22. The van der Waals surface area contributed by atoms with Crippen LogP contribution in [0.3, 0.4) is 0 Å². The lowest BCUT2D eigenvalue weighted by Crippen LogP contribution is -1.90. The molecule has 2 nitrogen and oxygen atoms in total. The molecule has 0 aliphatic rings. The number of hydrogen-bond donors (Lipinski definition) is 0. The van der Waals surface area contributed by atoms with Gasteiger partial charge >= 0.3 is 0 Å². The van der Waals surface area contributed by atoms with Crippen molar-refractivity contribution in [1.29, 1.82) is 5.26 Å². The van der Waals surface area contributed by atoms with E-state index in [0.29, 0.717) is 11.3 Å². The van der Waals surface area contributed by atoms with Gasteiger partial charge in [0, 0.05) is 0 Å². The first kappa shape index (κ1) is 10.0. The number of methoxy groups -OCH3 is 1. The number of rotatable bonds is 1. The van der Waals surface area contributed by atoms with Gasteiger partial charge in [-0.3, -0.25) is 0 Å². The molecule has 74 valence electrons. The fourth-order valence-corrected chi connectivity index (χ4v) is 2.30. The minimum absolute atomic E-state index is 0.545. The third kappa shape index (κ3) is 1.57. The highest BCUT2D eigenvalue weighted by atomic mass is 79.9. The highest BCUT2D eigenvalue weighted by Crippen LogP contribution is 2.35. The molecule has 0 spiro atoms. The van der Waals surface area contributed by atoms with Crippen LogP contribution >= 0.6 is 15.9 Å². The lowest BCUT2D eigenvalue weighted by Gasteiger charge is -2.08. The molecule has 2 aromatic carbocycles. The lowest BCUT2D eigenvalue weighted by molar-refractivity contribution is 0.411. The SMILES string of the molecule is COc1c(C#N)cc2ccccc2c1Br. The number of benzene rings is 2. The number of nitriles is 1. The van der Waals surface area contributed by atoms with Gasteiger partial charge in [-0.15, -0.1) is 0 Å². The molecule has 15 heavy (non-hydrogen) atoms. The molecule has 0 aliphatic carbocycles. The van der Waals surface area contributed by atoms with E-state index >= 15 is 0 Å². The van der Waals surface area contributed by atoms with Crippen molar-refractivity contribution in [2.45, 2.75) is 0 Å². The molecule has 3 heteroatoms. The van der Waals surface area contributed by atoms with Gasteiger partial charge < -0.3 is 4.74 Å². The third-order valence-corrected chi connectivity index (χ3v) is 3.05. The minimum Gasteiger partial charge on any atom is -0.494 e. The summed E-state index contributed by atoms with van der Waals surface area (Å²) in [7, 11) is 1.57. The Kier molecular flexibility index (Phi) is 2.61. The van der Waals surface area contributed by atoms with E-state index in [1.54, 1.807) is 7.11 Å². The summed E-state index contributed by atoms with van der Waals surface area (Å²) in [6.07, 6.45) is 0. The molecule has 0 aliphatic heterocycles. The van der Waals surface area contributed by atoms with Crippen LogP contribution in [0.5, 0.6) is 5.75 Å². The molecule has 0 saturated carbocycles. The molecule has 0 saturated heterocycles. The van der Waals surface area contributed by atoms with Gasteiger partial charge in [0.15, 0.2) is 5.75 Å². The Labute approximate surface area is 96.2 Å². The quantitative estimate of drug-likeness (QED) is 0.788. The monoisotopic (exact) mass is 261 g/mol. The van der Waals surface area contributed by atoms with Crippen LogP contribution in [0.15, 0.2) is 34.8 Å². The number of nitrogens with zero attached hydrogens (tertiary/aromatic N) is 1. The van der Waals surface area contributed by atoms with Gasteiger partial charge in [-0.25, -0.2) is 0 Å².